The molecule has 1 fully saturated rings. The fourth-order valence-electron chi connectivity index (χ4n) is 3.97. The molecule has 0 radical (unpaired) electrons. The maximum atomic E-state index is 12.8. The summed E-state index contributed by atoms with van der Waals surface area (Å²) in [7, 11) is 0. The van der Waals surface area contributed by atoms with Gasteiger partial charge in [-0.3, -0.25) is 14.5 Å². The van der Waals surface area contributed by atoms with Gasteiger partial charge in [-0.25, -0.2) is 4.98 Å². The zero-order valence-corrected chi connectivity index (χ0v) is 16.8. The molecule has 0 N–H and O–H groups in total. The lowest BCUT2D eigenvalue weighted by Gasteiger charge is -2.34. The smallest absolute Gasteiger partial charge is 0.253 e. The van der Waals surface area contributed by atoms with Gasteiger partial charge in [0.15, 0.2) is 5.78 Å². The molecule has 2 aliphatic rings. The van der Waals surface area contributed by atoms with Crippen LogP contribution >= 0.6 is 11.3 Å². The number of rotatable bonds is 3. The van der Waals surface area contributed by atoms with E-state index in [1.807, 2.05) is 30.9 Å². The van der Waals surface area contributed by atoms with E-state index in [-0.39, 0.29) is 11.7 Å². The first-order chi connectivity index (χ1) is 13.0. The van der Waals surface area contributed by atoms with Crippen LogP contribution in [0.25, 0.3) is 0 Å². The molecule has 0 spiro atoms. The highest BCUT2D eigenvalue weighted by molar-refractivity contribution is 7.13. The number of nitrogens with zero attached hydrogens (tertiary/aromatic N) is 3. The normalized spacial score (nSPS) is 17.9. The number of ketones is 1. The van der Waals surface area contributed by atoms with Crippen molar-refractivity contribution in [2.24, 2.45) is 0 Å². The standard InChI is InChI=1S/C21H25N3O2S/c1-14-10-15(2)12-16(11-14)21(26)24-8-6-23(7-9-24)13-19-22-17-4-3-5-18(25)20(17)27-19/h10-12H,3-9,13H2,1-2H3. The summed E-state index contributed by atoms with van der Waals surface area (Å²) >= 11 is 1.56. The van der Waals surface area contributed by atoms with E-state index in [4.69, 9.17) is 4.98 Å². The van der Waals surface area contributed by atoms with Crippen LogP contribution in [0, 0.1) is 13.8 Å². The third-order valence-corrected chi connectivity index (χ3v) is 6.42. The van der Waals surface area contributed by atoms with E-state index in [1.54, 1.807) is 11.3 Å². The van der Waals surface area contributed by atoms with Gasteiger partial charge < -0.3 is 4.90 Å². The van der Waals surface area contributed by atoms with Crippen molar-refractivity contribution in [2.75, 3.05) is 26.2 Å². The second-order valence-corrected chi connectivity index (χ2v) is 8.69. The first-order valence-electron chi connectivity index (χ1n) is 9.61. The SMILES string of the molecule is Cc1cc(C)cc(C(=O)N2CCN(Cc3nc4c(s3)C(=O)CCC4)CC2)c1. The second-order valence-electron chi connectivity index (χ2n) is 7.60. The molecule has 1 amide bonds. The number of Topliss-reactive ketones (excluding diaryl/α,β-unsaturated/α-hetero) is 1. The van der Waals surface area contributed by atoms with Crippen LogP contribution in [0.4, 0.5) is 0 Å². The average molecular weight is 384 g/mol. The van der Waals surface area contributed by atoms with Crippen molar-refractivity contribution < 1.29 is 9.59 Å². The second kappa shape index (κ2) is 7.52. The van der Waals surface area contributed by atoms with E-state index in [0.717, 1.165) is 77.8 Å². The summed E-state index contributed by atoms with van der Waals surface area (Å²) in [5.74, 6) is 0.376. The van der Waals surface area contributed by atoms with Crippen molar-refractivity contribution in [1.29, 1.82) is 0 Å². The lowest BCUT2D eigenvalue weighted by Crippen LogP contribution is -2.48. The molecule has 5 nitrogen and oxygen atoms in total. The van der Waals surface area contributed by atoms with Gasteiger partial charge in [-0.15, -0.1) is 11.3 Å². The Morgan fingerprint density at radius 3 is 2.44 bits per heavy atom. The number of fused-ring (bicyclic) bond motifs is 1. The summed E-state index contributed by atoms with van der Waals surface area (Å²) < 4.78 is 0. The molecule has 0 atom stereocenters. The van der Waals surface area contributed by atoms with Crippen molar-refractivity contribution in [3.63, 3.8) is 0 Å². The third-order valence-electron chi connectivity index (χ3n) is 5.30. The Hall–Kier alpha value is -2.05. The summed E-state index contributed by atoms with van der Waals surface area (Å²) in [5, 5.41) is 1.03. The van der Waals surface area contributed by atoms with E-state index < -0.39 is 0 Å². The summed E-state index contributed by atoms with van der Waals surface area (Å²) in [4.78, 5) is 34.6. The molecule has 1 aromatic heterocycles. The molecule has 142 valence electrons. The molecule has 1 aromatic carbocycles. The molecular weight excluding hydrogens is 358 g/mol. The predicted octanol–water partition coefficient (Wildman–Crippen LogP) is 3.24. The van der Waals surface area contributed by atoms with Gasteiger partial charge >= 0.3 is 0 Å². The number of thiazole rings is 1. The zero-order chi connectivity index (χ0) is 19.0. The molecule has 2 heterocycles. The topological polar surface area (TPSA) is 53.5 Å². The number of piperazine rings is 1. The Labute approximate surface area is 164 Å². The predicted molar refractivity (Wildman–Crippen MR) is 106 cm³/mol. The molecule has 4 rings (SSSR count). The summed E-state index contributed by atoms with van der Waals surface area (Å²) in [6.45, 7) is 7.98. The van der Waals surface area contributed by atoms with Gasteiger partial charge in [0.25, 0.3) is 5.91 Å². The lowest BCUT2D eigenvalue weighted by atomic mass is 10.0. The maximum absolute atomic E-state index is 12.8. The van der Waals surface area contributed by atoms with E-state index >= 15 is 0 Å². The molecule has 0 bridgehead atoms. The van der Waals surface area contributed by atoms with Gasteiger partial charge in [-0.2, -0.15) is 0 Å². The maximum Gasteiger partial charge on any atom is 0.253 e. The Morgan fingerprint density at radius 1 is 1.07 bits per heavy atom. The minimum absolute atomic E-state index is 0.122. The van der Waals surface area contributed by atoms with Crippen LogP contribution in [0.15, 0.2) is 18.2 Å². The van der Waals surface area contributed by atoms with Crippen molar-refractivity contribution in [2.45, 2.75) is 39.7 Å². The molecule has 27 heavy (non-hydrogen) atoms. The van der Waals surface area contributed by atoms with E-state index in [0.29, 0.717) is 6.42 Å². The zero-order valence-electron chi connectivity index (χ0n) is 16.0. The number of carbonyl (C=O) groups excluding carboxylic acids is 2. The summed E-state index contributed by atoms with van der Waals surface area (Å²) in [6.07, 6.45) is 2.51. The van der Waals surface area contributed by atoms with Gasteiger partial charge in [0.1, 0.15) is 5.01 Å². The fourth-order valence-corrected chi connectivity index (χ4v) is 5.09. The number of benzene rings is 1. The minimum atomic E-state index is 0.122. The first kappa shape index (κ1) is 18.3. The number of hydrogen-bond acceptors (Lipinski definition) is 5. The number of hydrogen-bond donors (Lipinski definition) is 0. The van der Waals surface area contributed by atoms with Gasteiger partial charge in [0.2, 0.25) is 0 Å². The Bertz CT molecular complexity index is 861. The van der Waals surface area contributed by atoms with Crippen molar-refractivity contribution in [3.05, 3.63) is 50.5 Å². The van der Waals surface area contributed by atoms with Crippen LogP contribution in [0.1, 0.15) is 54.7 Å². The quantitative estimate of drug-likeness (QED) is 0.817. The van der Waals surface area contributed by atoms with Crippen molar-refractivity contribution in [1.82, 2.24) is 14.8 Å². The van der Waals surface area contributed by atoms with Crippen molar-refractivity contribution in [3.8, 4) is 0 Å². The number of aryl methyl sites for hydroxylation is 3. The van der Waals surface area contributed by atoms with Crippen LogP contribution in [0.5, 0.6) is 0 Å². The highest BCUT2D eigenvalue weighted by atomic mass is 32.1. The van der Waals surface area contributed by atoms with Crippen LogP contribution in [0.3, 0.4) is 0 Å². The molecule has 0 unspecified atom stereocenters. The van der Waals surface area contributed by atoms with Gasteiger partial charge in [-0.05, 0) is 38.8 Å². The first-order valence-corrected chi connectivity index (χ1v) is 10.4. The minimum Gasteiger partial charge on any atom is -0.336 e. The number of amides is 1. The molecule has 1 saturated heterocycles. The van der Waals surface area contributed by atoms with E-state index in [1.165, 1.54) is 0 Å². The average Bonchev–Trinajstić information content (AvgIpc) is 3.05. The van der Waals surface area contributed by atoms with E-state index in [9.17, 15) is 9.59 Å². The Balaban J connectivity index is 1.36. The van der Waals surface area contributed by atoms with Gasteiger partial charge in [-0.1, -0.05) is 17.2 Å². The number of carbonyl (C=O) groups is 2. The number of aromatic nitrogens is 1. The lowest BCUT2D eigenvalue weighted by molar-refractivity contribution is 0.0628. The molecule has 1 aliphatic carbocycles. The Kier molecular flexibility index (Phi) is 5.10. The molecule has 2 aromatic rings. The highest BCUT2D eigenvalue weighted by Crippen LogP contribution is 2.27. The molecular formula is C21H25N3O2S. The largest absolute Gasteiger partial charge is 0.336 e. The molecule has 6 heteroatoms. The van der Waals surface area contributed by atoms with Crippen LogP contribution in [0.2, 0.25) is 0 Å². The van der Waals surface area contributed by atoms with Crippen molar-refractivity contribution >= 4 is 23.0 Å². The van der Waals surface area contributed by atoms with E-state index in [2.05, 4.69) is 11.0 Å². The molecule has 0 saturated carbocycles. The Morgan fingerprint density at radius 2 is 1.78 bits per heavy atom. The van der Waals surface area contributed by atoms with Gasteiger partial charge in [0.05, 0.1) is 17.1 Å². The van der Waals surface area contributed by atoms with Crippen LogP contribution < -0.4 is 0 Å². The summed E-state index contributed by atoms with van der Waals surface area (Å²) in [6, 6.07) is 6.03. The van der Waals surface area contributed by atoms with Crippen LogP contribution in [-0.4, -0.2) is 52.7 Å². The highest BCUT2D eigenvalue weighted by Gasteiger charge is 2.25. The summed E-state index contributed by atoms with van der Waals surface area (Å²) in [5.41, 5.74) is 4.03. The van der Waals surface area contributed by atoms with Crippen LogP contribution in [-0.2, 0) is 13.0 Å². The monoisotopic (exact) mass is 383 g/mol. The third kappa shape index (κ3) is 3.96. The molecule has 1 aliphatic heterocycles. The fraction of sp³-hybridized carbons (Fsp3) is 0.476. The van der Waals surface area contributed by atoms with Gasteiger partial charge in [0, 0.05) is 38.2 Å².